The number of aromatic nitrogens is 2. The maximum absolute atomic E-state index is 6.16. The second kappa shape index (κ2) is 17.2. The second-order valence-electron chi connectivity index (χ2n) is 12.3. The minimum absolute atomic E-state index is 0.470. The van der Waals surface area contributed by atoms with E-state index < -0.39 is 0 Å². The Morgan fingerprint density at radius 2 is 1.44 bits per heavy atom. The van der Waals surface area contributed by atoms with Gasteiger partial charge in [0.2, 0.25) is 0 Å². The SMILES string of the molecule is CCCCC1CCC(c2nc(-c3ccc(OCCCN(CC)CC)cc3)cn2-c2ccc(Oc3ccc(CI)cc3)cc2)CC1. The van der Waals surface area contributed by atoms with Gasteiger partial charge in [-0.3, -0.25) is 0 Å². The van der Waals surface area contributed by atoms with Crippen LogP contribution in [0.4, 0.5) is 0 Å². The average Bonchev–Trinajstić information content (AvgIpc) is 3.54. The van der Waals surface area contributed by atoms with E-state index in [9.17, 15) is 0 Å². The van der Waals surface area contributed by atoms with Crippen LogP contribution in [0.25, 0.3) is 16.9 Å². The molecule has 1 heterocycles. The predicted octanol–water partition coefficient (Wildman–Crippen LogP) is 10.8. The molecule has 6 heteroatoms. The van der Waals surface area contributed by atoms with Gasteiger partial charge < -0.3 is 18.9 Å². The summed E-state index contributed by atoms with van der Waals surface area (Å²) in [5, 5.41) is 0. The summed E-state index contributed by atoms with van der Waals surface area (Å²) in [5.74, 6) is 5.13. The lowest BCUT2D eigenvalue weighted by Gasteiger charge is -2.28. The molecule has 0 spiro atoms. The zero-order valence-electron chi connectivity index (χ0n) is 27.4. The Hall–Kier alpha value is -2.84. The highest BCUT2D eigenvalue weighted by Gasteiger charge is 2.26. The van der Waals surface area contributed by atoms with E-state index in [1.54, 1.807) is 0 Å². The third-order valence-electron chi connectivity index (χ3n) is 9.27. The number of ether oxygens (including phenoxy) is 2. The first-order chi connectivity index (χ1) is 22.1. The Morgan fingerprint density at radius 3 is 2.07 bits per heavy atom. The molecular formula is C39H50IN3O2. The van der Waals surface area contributed by atoms with Crippen molar-refractivity contribution in [3.8, 4) is 34.2 Å². The van der Waals surface area contributed by atoms with Crippen molar-refractivity contribution in [2.75, 3.05) is 26.2 Å². The highest BCUT2D eigenvalue weighted by molar-refractivity contribution is 14.1. The molecule has 45 heavy (non-hydrogen) atoms. The molecule has 4 aromatic rings. The van der Waals surface area contributed by atoms with Gasteiger partial charge >= 0.3 is 0 Å². The van der Waals surface area contributed by atoms with E-state index in [4.69, 9.17) is 14.5 Å². The number of rotatable bonds is 16. The van der Waals surface area contributed by atoms with Crippen LogP contribution < -0.4 is 9.47 Å². The molecule has 5 rings (SSSR count). The molecule has 0 amide bonds. The van der Waals surface area contributed by atoms with Crippen molar-refractivity contribution in [3.63, 3.8) is 0 Å². The van der Waals surface area contributed by atoms with Crippen molar-refractivity contribution >= 4 is 22.6 Å². The molecule has 5 nitrogen and oxygen atoms in total. The maximum Gasteiger partial charge on any atom is 0.127 e. The van der Waals surface area contributed by atoms with Crippen molar-refractivity contribution in [1.82, 2.24) is 14.5 Å². The summed E-state index contributed by atoms with van der Waals surface area (Å²) in [4.78, 5) is 7.74. The second-order valence-corrected chi connectivity index (χ2v) is 13.1. The van der Waals surface area contributed by atoms with Crippen molar-refractivity contribution < 1.29 is 9.47 Å². The molecule has 240 valence electrons. The van der Waals surface area contributed by atoms with Crippen LogP contribution in [0.3, 0.4) is 0 Å². The zero-order valence-corrected chi connectivity index (χ0v) is 29.5. The molecule has 1 fully saturated rings. The fourth-order valence-electron chi connectivity index (χ4n) is 6.43. The summed E-state index contributed by atoms with van der Waals surface area (Å²) < 4.78 is 15.5. The number of benzene rings is 3. The molecule has 0 saturated heterocycles. The number of imidazole rings is 1. The highest BCUT2D eigenvalue weighted by Crippen LogP contribution is 2.39. The third-order valence-corrected chi connectivity index (χ3v) is 10.2. The molecule has 0 bridgehead atoms. The molecule has 1 aliphatic carbocycles. The summed E-state index contributed by atoms with van der Waals surface area (Å²) in [6.45, 7) is 10.7. The molecule has 0 N–H and O–H groups in total. The molecule has 3 aromatic carbocycles. The summed E-state index contributed by atoms with van der Waals surface area (Å²) in [6.07, 6.45) is 12.3. The Balaban J connectivity index is 1.32. The molecule has 1 saturated carbocycles. The summed E-state index contributed by atoms with van der Waals surface area (Å²) >= 11 is 2.38. The number of alkyl halides is 1. The van der Waals surface area contributed by atoms with Crippen molar-refractivity contribution in [1.29, 1.82) is 0 Å². The standard InChI is InChI=1S/C39H50IN3O2/c1-4-7-9-30-10-14-33(15-11-30)39-41-38(32-16-22-35(23-17-32)44-27-8-26-42(5-2)6-3)29-43(39)34-18-24-37(25-19-34)45-36-20-12-31(28-40)13-21-36/h12-13,16-25,29-30,33H,4-11,14-15,26-28H2,1-3H3. The summed E-state index contributed by atoms with van der Waals surface area (Å²) in [7, 11) is 0. The van der Waals surface area contributed by atoms with Crippen LogP contribution in [-0.2, 0) is 4.43 Å². The molecule has 1 aromatic heterocycles. The lowest BCUT2D eigenvalue weighted by molar-refractivity contribution is 0.249. The fraction of sp³-hybridized carbons (Fsp3) is 0.462. The minimum atomic E-state index is 0.470. The number of unbranched alkanes of at least 4 members (excludes halogenated alkanes) is 1. The van der Waals surface area contributed by atoms with E-state index in [0.717, 1.165) is 77.2 Å². The third kappa shape index (κ3) is 9.35. The van der Waals surface area contributed by atoms with Gasteiger partial charge in [0.1, 0.15) is 23.1 Å². The van der Waals surface area contributed by atoms with Gasteiger partial charge in [-0.15, -0.1) is 0 Å². The Kier molecular flexibility index (Phi) is 12.8. The molecule has 0 unspecified atom stereocenters. The van der Waals surface area contributed by atoms with E-state index in [0.29, 0.717) is 5.92 Å². The van der Waals surface area contributed by atoms with Crippen LogP contribution in [0, 0.1) is 5.92 Å². The summed E-state index contributed by atoms with van der Waals surface area (Å²) in [5.41, 5.74) is 4.56. The lowest BCUT2D eigenvalue weighted by atomic mass is 9.79. The van der Waals surface area contributed by atoms with Crippen LogP contribution in [0.15, 0.2) is 79.0 Å². The van der Waals surface area contributed by atoms with Crippen molar-refractivity contribution in [2.45, 2.75) is 82.5 Å². The smallest absolute Gasteiger partial charge is 0.127 e. The van der Waals surface area contributed by atoms with Gasteiger partial charge in [-0.1, -0.05) is 74.8 Å². The van der Waals surface area contributed by atoms with Crippen molar-refractivity contribution in [3.05, 3.63) is 90.4 Å². The molecule has 1 aliphatic rings. The van der Waals surface area contributed by atoms with Gasteiger partial charge in [-0.2, -0.15) is 0 Å². The topological polar surface area (TPSA) is 39.5 Å². The largest absolute Gasteiger partial charge is 0.494 e. The minimum Gasteiger partial charge on any atom is -0.494 e. The molecule has 0 atom stereocenters. The van der Waals surface area contributed by atoms with Crippen LogP contribution in [-0.4, -0.2) is 40.7 Å². The van der Waals surface area contributed by atoms with Gasteiger partial charge in [-0.05, 0) is 117 Å². The fourth-order valence-corrected chi connectivity index (χ4v) is 6.94. The van der Waals surface area contributed by atoms with Gasteiger partial charge in [0.05, 0.1) is 12.3 Å². The van der Waals surface area contributed by atoms with Gasteiger partial charge in [0.25, 0.3) is 0 Å². The first kappa shape index (κ1) is 33.5. The Morgan fingerprint density at radius 1 is 0.800 bits per heavy atom. The van der Waals surface area contributed by atoms with Gasteiger partial charge in [0.15, 0.2) is 0 Å². The van der Waals surface area contributed by atoms with Crippen LogP contribution >= 0.6 is 22.6 Å². The monoisotopic (exact) mass is 719 g/mol. The van der Waals surface area contributed by atoms with Crippen LogP contribution in [0.1, 0.15) is 89.4 Å². The normalized spacial score (nSPS) is 16.6. The van der Waals surface area contributed by atoms with Gasteiger partial charge in [-0.25, -0.2) is 4.98 Å². The van der Waals surface area contributed by atoms with E-state index >= 15 is 0 Å². The molecule has 0 radical (unpaired) electrons. The van der Waals surface area contributed by atoms with E-state index in [1.807, 2.05) is 12.1 Å². The lowest BCUT2D eigenvalue weighted by Crippen LogP contribution is -2.25. The summed E-state index contributed by atoms with van der Waals surface area (Å²) in [6, 6.07) is 25.3. The van der Waals surface area contributed by atoms with Crippen LogP contribution in [0.2, 0.25) is 0 Å². The molecular weight excluding hydrogens is 669 g/mol. The van der Waals surface area contributed by atoms with Crippen molar-refractivity contribution in [2.24, 2.45) is 5.92 Å². The Labute approximate surface area is 284 Å². The van der Waals surface area contributed by atoms with E-state index in [1.165, 1.54) is 56.3 Å². The average molecular weight is 720 g/mol. The van der Waals surface area contributed by atoms with E-state index in [2.05, 4.69) is 120 Å². The first-order valence-electron chi connectivity index (χ1n) is 17.1. The first-order valence-corrected chi connectivity index (χ1v) is 18.6. The number of hydrogen-bond donors (Lipinski definition) is 0. The highest BCUT2D eigenvalue weighted by atomic mass is 127. The molecule has 0 aliphatic heterocycles. The van der Waals surface area contributed by atoms with Crippen LogP contribution in [0.5, 0.6) is 17.2 Å². The Bertz CT molecular complexity index is 1420. The maximum atomic E-state index is 6.16. The number of halogens is 1. The number of hydrogen-bond acceptors (Lipinski definition) is 4. The van der Waals surface area contributed by atoms with Gasteiger partial charge in [0, 0.05) is 34.3 Å². The zero-order chi connectivity index (χ0) is 31.4. The van der Waals surface area contributed by atoms with E-state index in [-0.39, 0.29) is 0 Å². The predicted molar refractivity (Wildman–Crippen MR) is 195 cm³/mol. The quantitative estimate of drug-likeness (QED) is 0.0657. The number of nitrogens with zero attached hydrogens (tertiary/aromatic N) is 3.